The Morgan fingerprint density at radius 2 is 1.84 bits per heavy atom. The first-order valence-corrected chi connectivity index (χ1v) is 11.6. The van der Waals surface area contributed by atoms with Crippen molar-refractivity contribution in [1.29, 1.82) is 5.26 Å². The standard InChI is InChI=1S/C26H32ClN3O2/c1-26(2,3)32-25(31)29-15-12-24(13-16-29)30(14-11-20-7-9-23(27)10-8-20)19-22-6-4-5-21(17-22)18-28/h4-10,17,24H,11-16,19H2,1-3H3. The topological polar surface area (TPSA) is 56.6 Å². The van der Waals surface area contributed by atoms with Gasteiger partial charge in [-0.2, -0.15) is 5.26 Å². The number of rotatable bonds is 6. The van der Waals surface area contributed by atoms with Gasteiger partial charge in [-0.1, -0.05) is 35.9 Å². The molecule has 1 amide bonds. The van der Waals surface area contributed by atoms with Crippen molar-refractivity contribution in [2.24, 2.45) is 0 Å². The van der Waals surface area contributed by atoms with Crippen LogP contribution in [0.15, 0.2) is 48.5 Å². The molecule has 32 heavy (non-hydrogen) atoms. The van der Waals surface area contributed by atoms with Crippen molar-refractivity contribution in [3.8, 4) is 6.07 Å². The van der Waals surface area contributed by atoms with E-state index in [1.54, 1.807) is 0 Å². The van der Waals surface area contributed by atoms with E-state index in [1.807, 2.05) is 56.0 Å². The molecule has 1 fully saturated rings. The van der Waals surface area contributed by atoms with Crippen molar-refractivity contribution in [3.63, 3.8) is 0 Å². The van der Waals surface area contributed by atoms with Crippen LogP contribution in [-0.4, -0.2) is 47.2 Å². The number of hydrogen-bond donors (Lipinski definition) is 0. The lowest BCUT2D eigenvalue weighted by molar-refractivity contribution is 0.0138. The zero-order chi connectivity index (χ0) is 23.1. The second-order valence-corrected chi connectivity index (χ2v) is 9.79. The van der Waals surface area contributed by atoms with E-state index in [0.29, 0.717) is 24.7 Å². The summed E-state index contributed by atoms with van der Waals surface area (Å²) in [4.78, 5) is 16.7. The van der Waals surface area contributed by atoms with Gasteiger partial charge in [0.15, 0.2) is 0 Å². The van der Waals surface area contributed by atoms with Crippen LogP contribution in [0.25, 0.3) is 0 Å². The molecule has 0 unspecified atom stereocenters. The molecular formula is C26H32ClN3O2. The number of piperidine rings is 1. The summed E-state index contributed by atoms with van der Waals surface area (Å²) >= 11 is 6.03. The van der Waals surface area contributed by atoms with Gasteiger partial charge in [0.2, 0.25) is 0 Å². The molecule has 3 rings (SSSR count). The van der Waals surface area contributed by atoms with Crippen LogP contribution in [0.5, 0.6) is 0 Å². The summed E-state index contributed by atoms with van der Waals surface area (Å²) in [6, 6.07) is 18.4. The van der Waals surface area contributed by atoms with Crippen LogP contribution in [0.2, 0.25) is 5.02 Å². The average molecular weight is 454 g/mol. The number of hydrogen-bond acceptors (Lipinski definition) is 4. The van der Waals surface area contributed by atoms with Crippen LogP contribution in [0.1, 0.15) is 50.3 Å². The normalized spacial score (nSPS) is 14.9. The third-order valence-electron chi connectivity index (χ3n) is 5.68. The molecule has 0 saturated carbocycles. The minimum Gasteiger partial charge on any atom is -0.444 e. The molecule has 1 aliphatic rings. The fraction of sp³-hybridized carbons (Fsp3) is 0.462. The van der Waals surface area contributed by atoms with E-state index in [1.165, 1.54) is 5.56 Å². The number of ether oxygens (including phenoxy) is 1. The lowest BCUT2D eigenvalue weighted by Crippen LogP contribution is -2.48. The first-order valence-electron chi connectivity index (χ1n) is 11.2. The third-order valence-corrected chi connectivity index (χ3v) is 5.93. The molecule has 1 saturated heterocycles. The molecule has 1 heterocycles. The van der Waals surface area contributed by atoms with Crippen molar-refractivity contribution in [1.82, 2.24) is 9.80 Å². The van der Waals surface area contributed by atoms with Gasteiger partial charge in [0.25, 0.3) is 0 Å². The maximum absolute atomic E-state index is 12.4. The number of likely N-dealkylation sites (tertiary alicyclic amines) is 1. The highest BCUT2D eigenvalue weighted by molar-refractivity contribution is 6.30. The molecule has 0 bridgehead atoms. The van der Waals surface area contributed by atoms with Crippen LogP contribution in [0.4, 0.5) is 4.79 Å². The Kier molecular flexibility index (Phi) is 8.17. The molecular weight excluding hydrogens is 422 g/mol. The molecule has 0 spiro atoms. The second kappa shape index (κ2) is 10.8. The molecule has 0 N–H and O–H groups in total. The van der Waals surface area contributed by atoms with E-state index in [4.69, 9.17) is 16.3 Å². The van der Waals surface area contributed by atoms with E-state index in [2.05, 4.69) is 29.2 Å². The zero-order valence-corrected chi connectivity index (χ0v) is 19.9. The zero-order valence-electron chi connectivity index (χ0n) is 19.2. The maximum atomic E-state index is 12.4. The van der Waals surface area contributed by atoms with E-state index >= 15 is 0 Å². The molecule has 2 aromatic carbocycles. The lowest BCUT2D eigenvalue weighted by Gasteiger charge is -2.39. The van der Waals surface area contributed by atoms with E-state index in [9.17, 15) is 10.1 Å². The highest BCUT2D eigenvalue weighted by atomic mass is 35.5. The van der Waals surface area contributed by atoms with Crippen LogP contribution >= 0.6 is 11.6 Å². The van der Waals surface area contributed by atoms with Crippen molar-refractivity contribution >= 4 is 17.7 Å². The fourth-order valence-corrected chi connectivity index (χ4v) is 4.15. The molecule has 0 radical (unpaired) electrons. The Bertz CT molecular complexity index is 939. The fourth-order valence-electron chi connectivity index (χ4n) is 4.03. The summed E-state index contributed by atoms with van der Waals surface area (Å²) in [5, 5.41) is 10.0. The Labute approximate surface area is 196 Å². The summed E-state index contributed by atoms with van der Waals surface area (Å²) in [5.41, 5.74) is 2.58. The number of carbonyl (C=O) groups excluding carboxylic acids is 1. The van der Waals surface area contributed by atoms with Crippen molar-refractivity contribution in [3.05, 3.63) is 70.2 Å². The van der Waals surface area contributed by atoms with Gasteiger partial charge in [-0.3, -0.25) is 4.90 Å². The molecule has 2 aromatic rings. The quantitative estimate of drug-likeness (QED) is 0.566. The molecule has 0 aromatic heterocycles. The summed E-state index contributed by atoms with van der Waals surface area (Å²) < 4.78 is 5.54. The Balaban J connectivity index is 1.67. The van der Waals surface area contributed by atoms with E-state index in [0.717, 1.165) is 42.9 Å². The first kappa shape index (κ1) is 24.1. The first-order chi connectivity index (χ1) is 15.2. The Morgan fingerprint density at radius 3 is 2.47 bits per heavy atom. The smallest absolute Gasteiger partial charge is 0.410 e. The second-order valence-electron chi connectivity index (χ2n) is 9.36. The molecule has 0 aliphatic carbocycles. The van der Waals surface area contributed by atoms with Gasteiger partial charge in [0, 0.05) is 37.2 Å². The van der Waals surface area contributed by atoms with Crippen molar-refractivity contribution < 1.29 is 9.53 Å². The predicted molar refractivity (Wildman–Crippen MR) is 128 cm³/mol. The van der Waals surface area contributed by atoms with Gasteiger partial charge < -0.3 is 9.64 Å². The number of halogens is 1. The van der Waals surface area contributed by atoms with Gasteiger partial charge in [-0.15, -0.1) is 0 Å². The maximum Gasteiger partial charge on any atom is 0.410 e. The third kappa shape index (κ3) is 7.25. The lowest BCUT2D eigenvalue weighted by atomic mass is 10.0. The highest BCUT2D eigenvalue weighted by Crippen LogP contribution is 2.22. The van der Waals surface area contributed by atoms with Crippen LogP contribution in [-0.2, 0) is 17.7 Å². The van der Waals surface area contributed by atoms with Gasteiger partial charge in [-0.05, 0) is 75.4 Å². The monoisotopic (exact) mass is 453 g/mol. The van der Waals surface area contributed by atoms with Crippen LogP contribution < -0.4 is 0 Å². The Morgan fingerprint density at radius 1 is 1.16 bits per heavy atom. The van der Waals surface area contributed by atoms with Crippen LogP contribution in [0.3, 0.4) is 0 Å². The molecule has 0 atom stereocenters. The highest BCUT2D eigenvalue weighted by Gasteiger charge is 2.29. The number of carbonyl (C=O) groups is 1. The average Bonchev–Trinajstić information content (AvgIpc) is 2.77. The number of amides is 1. The number of benzene rings is 2. The van der Waals surface area contributed by atoms with Crippen molar-refractivity contribution in [2.75, 3.05) is 19.6 Å². The van der Waals surface area contributed by atoms with Gasteiger partial charge in [0.05, 0.1) is 11.6 Å². The van der Waals surface area contributed by atoms with Crippen LogP contribution in [0, 0.1) is 11.3 Å². The van der Waals surface area contributed by atoms with E-state index in [-0.39, 0.29) is 6.09 Å². The summed E-state index contributed by atoms with van der Waals surface area (Å²) in [6.07, 6.45) is 2.49. The minimum atomic E-state index is -0.482. The molecule has 1 aliphatic heterocycles. The number of nitriles is 1. The molecule has 170 valence electrons. The minimum absolute atomic E-state index is 0.231. The van der Waals surface area contributed by atoms with E-state index < -0.39 is 5.60 Å². The summed E-state index contributed by atoms with van der Waals surface area (Å²) in [7, 11) is 0. The summed E-state index contributed by atoms with van der Waals surface area (Å²) in [5.74, 6) is 0. The largest absolute Gasteiger partial charge is 0.444 e. The van der Waals surface area contributed by atoms with Gasteiger partial charge >= 0.3 is 6.09 Å². The van der Waals surface area contributed by atoms with Crippen molar-refractivity contribution in [2.45, 2.75) is 58.2 Å². The van der Waals surface area contributed by atoms with Gasteiger partial charge in [-0.25, -0.2) is 4.79 Å². The molecule has 6 heteroatoms. The van der Waals surface area contributed by atoms with Gasteiger partial charge in [0.1, 0.15) is 5.60 Å². The summed E-state index contributed by atoms with van der Waals surface area (Å²) in [6.45, 7) is 8.74. The molecule has 5 nitrogen and oxygen atoms in total. The number of nitrogens with zero attached hydrogens (tertiary/aromatic N) is 3. The predicted octanol–water partition coefficient (Wildman–Crippen LogP) is 5.66. The Hall–Kier alpha value is -2.55. The SMILES string of the molecule is CC(C)(C)OC(=O)N1CCC(N(CCc2ccc(Cl)cc2)Cc2cccc(C#N)c2)CC1.